The van der Waals surface area contributed by atoms with Crippen molar-refractivity contribution in [3.8, 4) is 0 Å². The van der Waals surface area contributed by atoms with Gasteiger partial charge in [0.05, 0.1) is 25.4 Å². The number of rotatable bonds is 49. The highest BCUT2D eigenvalue weighted by molar-refractivity contribution is 5.76. The molecule has 6 nitrogen and oxygen atoms in total. The van der Waals surface area contributed by atoms with Gasteiger partial charge in [0.25, 0.3) is 0 Å². The summed E-state index contributed by atoms with van der Waals surface area (Å²) in [5.74, 6) is -0.138. The summed E-state index contributed by atoms with van der Waals surface area (Å²) in [6, 6.07) is -0.653. The number of aliphatic hydroxyl groups is 2. The molecule has 354 valence electrons. The zero-order chi connectivity index (χ0) is 43.7. The first-order valence-electron chi connectivity index (χ1n) is 26.6. The number of ether oxygens (including phenoxy) is 1. The zero-order valence-corrected chi connectivity index (χ0v) is 40.2. The van der Waals surface area contributed by atoms with Gasteiger partial charge in [0.1, 0.15) is 0 Å². The van der Waals surface area contributed by atoms with Crippen LogP contribution in [-0.2, 0) is 14.3 Å². The fourth-order valence-corrected chi connectivity index (χ4v) is 8.10. The van der Waals surface area contributed by atoms with Gasteiger partial charge in [-0.15, -0.1) is 0 Å². The van der Waals surface area contributed by atoms with Crippen LogP contribution in [0, 0.1) is 0 Å². The molecule has 0 aromatic rings. The number of nitrogens with one attached hydrogen (secondary N) is 1. The van der Waals surface area contributed by atoms with E-state index in [2.05, 4.69) is 31.3 Å². The normalized spacial score (nSPS) is 12.8. The molecule has 0 saturated carbocycles. The molecule has 0 aliphatic heterocycles. The predicted octanol–water partition coefficient (Wildman–Crippen LogP) is 15.9. The van der Waals surface area contributed by atoms with Crippen molar-refractivity contribution in [3.63, 3.8) is 0 Å². The van der Waals surface area contributed by atoms with Crippen LogP contribution < -0.4 is 5.32 Å². The average Bonchev–Trinajstić information content (AvgIpc) is 3.25. The number of amides is 1. The minimum Gasteiger partial charge on any atom is -0.466 e. The van der Waals surface area contributed by atoms with E-state index in [0.717, 1.165) is 77.0 Å². The lowest BCUT2D eigenvalue weighted by molar-refractivity contribution is -0.143. The Labute approximate surface area is 373 Å². The molecule has 1 amide bonds. The van der Waals surface area contributed by atoms with Gasteiger partial charge in [-0.25, -0.2) is 0 Å². The molecule has 0 fully saturated rings. The first kappa shape index (κ1) is 58.3. The molecule has 60 heavy (non-hydrogen) atoms. The van der Waals surface area contributed by atoms with Crippen molar-refractivity contribution in [1.29, 1.82) is 0 Å². The second-order valence-electron chi connectivity index (χ2n) is 18.2. The van der Waals surface area contributed by atoms with Gasteiger partial charge in [0, 0.05) is 12.8 Å². The monoisotopic (exact) mass is 846 g/mol. The number of carbonyl (C=O) groups excluding carboxylic acids is 2. The number of unbranched alkanes of at least 4 members (excludes halogenated alkanes) is 36. The van der Waals surface area contributed by atoms with E-state index in [-0.39, 0.29) is 18.5 Å². The number of allylic oxidation sites excluding steroid dienone is 3. The molecular weight excluding hydrogens is 743 g/mol. The van der Waals surface area contributed by atoms with Crippen LogP contribution in [0.2, 0.25) is 0 Å². The molecule has 0 aromatic heterocycles. The summed E-state index contributed by atoms with van der Waals surface area (Å²) in [5.41, 5.74) is 0. The number of hydrogen-bond acceptors (Lipinski definition) is 5. The van der Waals surface area contributed by atoms with E-state index in [0.29, 0.717) is 19.4 Å². The van der Waals surface area contributed by atoms with Gasteiger partial charge in [-0.05, 0) is 57.8 Å². The summed E-state index contributed by atoms with van der Waals surface area (Å²) >= 11 is 0. The second-order valence-corrected chi connectivity index (χ2v) is 18.2. The van der Waals surface area contributed by atoms with Gasteiger partial charge in [0.15, 0.2) is 0 Å². The average molecular weight is 846 g/mol. The van der Waals surface area contributed by atoms with E-state index < -0.39 is 12.1 Å². The van der Waals surface area contributed by atoms with Crippen LogP contribution in [0.25, 0.3) is 0 Å². The maximum atomic E-state index is 12.4. The molecule has 0 aliphatic rings. The fraction of sp³-hybridized carbons (Fsp3) is 0.889. The highest BCUT2D eigenvalue weighted by Crippen LogP contribution is 2.16. The van der Waals surface area contributed by atoms with Crippen LogP contribution in [0.3, 0.4) is 0 Å². The van der Waals surface area contributed by atoms with Crippen molar-refractivity contribution in [2.45, 2.75) is 296 Å². The van der Waals surface area contributed by atoms with Crippen LogP contribution in [0.15, 0.2) is 24.3 Å². The van der Waals surface area contributed by atoms with E-state index in [9.17, 15) is 19.8 Å². The van der Waals surface area contributed by atoms with Gasteiger partial charge in [-0.1, -0.05) is 237 Å². The molecule has 0 rings (SSSR count). The SMILES string of the molecule is CCCCCCCCCCCCCCCCCCC/C=C/C(O)C(CO)NC(=O)CCCCCC/C=C\CCCCOC(=O)CCCCCCCCCCCCCCCC. The molecule has 0 heterocycles. The summed E-state index contributed by atoms with van der Waals surface area (Å²) in [6.07, 6.45) is 59.0. The van der Waals surface area contributed by atoms with Gasteiger partial charge >= 0.3 is 5.97 Å². The number of hydrogen-bond donors (Lipinski definition) is 3. The Morgan fingerprint density at radius 2 is 0.783 bits per heavy atom. The third kappa shape index (κ3) is 45.9. The van der Waals surface area contributed by atoms with Crippen LogP contribution in [0.4, 0.5) is 0 Å². The third-order valence-corrected chi connectivity index (χ3v) is 12.2. The maximum Gasteiger partial charge on any atom is 0.305 e. The van der Waals surface area contributed by atoms with Gasteiger partial charge in [0.2, 0.25) is 5.91 Å². The highest BCUT2D eigenvalue weighted by atomic mass is 16.5. The minimum absolute atomic E-state index is 0.0360. The molecule has 0 saturated heterocycles. The van der Waals surface area contributed by atoms with Crippen LogP contribution >= 0.6 is 0 Å². The summed E-state index contributed by atoms with van der Waals surface area (Å²) in [5, 5.41) is 23.1. The van der Waals surface area contributed by atoms with Crippen molar-refractivity contribution in [1.82, 2.24) is 5.32 Å². The molecule has 0 bridgehead atoms. The Kier molecular flexibility index (Phi) is 48.6. The Morgan fingerprint density at radius 3 is 1.18 bits per heavy atom. The summed E-state index contributed by atoms with van der Waals surface area (Å²) < 4.78 is 5.43. The van der Waals surface area contributed by atoms with Gasteiger partial charge < -0.3 is 20.3 Å². The maximum absolute atomic E-state index is 12.4. The van der Waals surface area contributed by atoms with E-state index in [1.165, 1.54) is 180 Å². The number of carbonyl (C=O) groups is 2. The number of aliphatic hydroxyl groups excluding tert-OH is 2. The van der Waals surface area contributed by atoms with E-state index in [4.69, 9.17) is 4.74 Å². The van der Waals surface area contributed by atoms with Crippen LogP contribution in [-0.4, -0.2) is 47.4 Å². The van der Waals surface area contributed by atoms with Crippen molar-refractivity contribution in [2.24, 2.45) is 0 Å². The molecule has 0 radical (unpaired) electrons. The topological polar surface area (TPSA) is 95.9 Å². The minimum atomic E-state index is -0.866. The van der Waals surface area contributed by atoms with E-state index in [1.54, 1.807) is 6.08 Å². The summed E-state index contributed by atoms with van der Waals surface area (Å²) in [6.45, 7) is 4.82. The molecule has 3 N–H and O–H groups in total. The Balaban J connectivity index is 3.56. The Hall–Kier alpha value is -1.66. The molecular formula is C54H103NO5. The molecule has 0 aliphatic carbocycles. The first-order valence-corrected chi connectivity index (χ1v) is 26.6. The summed E-state index contributed by atoms with van der Waals surface area (Å²) in [7, 11) is 0. The largest absolute Gasteiger partial charge is 0.466 e. The molecule has 0 spiro atoms. The lowest BCUT2D eigenvalue weighted by atomic mass is 10.0. The molecule has 6 heteroatoms. The zero-order valence-electron chi connectivity index (χ0n) is 40.2. The van der Waals surface area contributed by atoms with Crippen molar-refractivity contribution in [2.75, 3.05) is 13.2 Å². The smallest absolute Gasteiger partial charge is 0.305 e. The third-order valence-electron chi connectivity index (χ3n) is 12.2. The highest BCUT2D eigenvalue weighted by Gasteiger charge is 2.18. The van der Waals surface area contributed by atoms with E-state index >= 15 is 0 Å². The molecule has 0 aromatic carbocycles. The van der Waals surface area contributed by atoms with Crippen molar-refractivity contribution in [3.05, 3.63) is 24.3 Å². The first-order chi connectivity index (χ1) is 29.5. The lowest BCUT2D eigenvalue weighted by Gasteiger charge is -2.20. The van der Waals surface area contributed by atoms with Gasteiger partial charge in [-0.3, -0.25) is 9.59 Å². The van der Waals surface area contributed by atoms with Crippen molar-refractivity contribution < 1.29 is 24.5 Å². The lowest BCUT2D eigenvalue weighted by Crippen LogP contribution is -2.45. The quantitative estimate of drug-likeness (QED) is 0.0322. The van der Waals surface area contributed by atoms with Crippen molar-refractivity contribution >= 4 is 11.9 Å². The summed E-state index contributed by atoms with van der Waals surface area (Å²) in [4.78, 5) is 24.5. The molecule has 2 atom stereocenters. The predicted molar refractivity (Wildman–Crippen MR) is 260 cm³/mol. The van der Waals surface area contributed by atoms with Crippen LogP contribution in [0.1, 0.15) is 284 Å². The second kappa shape index (κ2) is 50.0. The fourth-order valence-electron chi connectivity index (χ4n) is 8.10. The Morgan fingerprint density at radius 1 is 0.450 bits per heavy atom. The standard InChI is InChI=1S/C54H103NO5/c1-3-5-7-9-11-13-15-17-19-20-21-22-23-24-26-30-34-38-42-46-52(57)51(50-56)55-53(58)47-43-39-35-31-28-29-33-37-41-45-49-60-54(59)48-44-40-36-32-27-25-18-16-14-12-10-8-6-4-2/h29,33,42,46,51-52,56-57H,3-28,30-32,34-41,43-45,47-50H2,1-2H3,(H,55,58)/b33-29-,46-42+. The van der Waals surface area contributed by atoms with Gasteiger partial charge in [-0.2, -0.15) is 0 Å². The van der Waals surface area contributed by atoms with E-state index in [1.807, 2.05) is 6.08 Å². The van der Waals surface area contributed by atoms with Crippen LogP contribution in [0.5, 0.6) is 0 Å². The molecule has 2 unspecified atom stereocenters. The Bertz CT molecular complexity index is 935. The number of esters is 1.